The normalized spacial score (nSPS) is 21.4. The minimum atomic E-state index is -0.0964. The van der Waals surface area contributed by atoms with Crippen molar-refractivity contribution < 1.29 is 15.0 Å². The van der Waals surface area contributed by atoms with Crippen LogP contribution in [0.5, 0.6) is 0 Å². The van der Waals surface area contributed by atoms with Gasteiger partial charge in [0.1, 0.15) is 17.5 Å². The van der Waals surface area contributed by atoms with Gasteiger partial charge in [-0.2, -0.15) is 0 Å². The van der Waals surface area contributed by atoms with Gasteiger partial charge < -0.3 is 20.2 Å². The fraction of sp³-hybridized carbons (Fsp3) is 0.722. The van der Waals surface area contributed by atoms with E-state index in [0.29, 0.717) is 17.9 Å². The lowest BCUT2D eigenvalue weighted by molar-refractivity contribution is -0.829. The third-order valence-corrected chi connectivity index (χ3v) is 4.27. The Morgan fingerprint density at radius 3 is 2.27 bits per heavy atom. The highest BCUT2D eigenvalue weighted by molar-refractivity contribution is 5.75. The Hall–Kier alpha value is -1.13. The van der Waals surface area contributed by atoms with Crippen LogP contribution in [0.3, 0.4) is 0 Å². The van der Waals surface area contributed by atoms with Gasteiger partial charge in [-0.05, 0) is 38.8 Å². The van der Waals surface area contributed by atoms with Crippen LogP contribution in [0.4, 0.5) is 0 Å². The Kier molecular flexibility index (Phi) is 9.09. The fourth-order valence-corrected chi connectivity index (χ4v) is 2.81. The van der Waals surface area contributed by atoms with E-state index in [2.05, 4.69) is 0 Å². The summed E-state index contributed by atoms with van der Waals surface area (Å²) in [6, 6.07) is -0.0964. The number of hydrogen-bond donors (Lipinski definition) is 2. The molecule has 0 saturated heterocycles. The maximum Gasteiger partial charge on any atom is 0.172 e. The number of quaternary nitrogens is 1. The summed E-state index contributed by atoms with van der Waals surface area (Å²) in [5.41, 5.74) is 0.610. The summed E-state index contributed by atoms with van der Waals surface area (Å²) in [7, 11) is 0. The molecule has 0 spiro atoms. The number of carbonyl (C=O) groups is 1. The zero-order chi connectivity index (χ0) is 16.4. The van der Waals surface area contributed by atoms with Crippen molar-refractivity contribution in [2.45, 2.75) is 84.1 Å². The quantitative estimate of drug-likeness (QED) is 0.453. The molecule has 1 heterocycles. The van der Waals surface area contributed by atoms with Crippen LogP contribution in [0.15, 0.2) is 23.6 Å². The van der Waals surface area contributed by atoms with Gasteiger partial charge in [-0.1, -0.05) is 38.5 Å². The first-order valence-corrected chi connectivity index (χ1v) is 8.66. The van der Waals surface area contributed by atoms with Crippen LogP contribution in [0.1, 0.15) is 78.1 Å². The maximum atomic E-state index is 12.0. The number of aliphatic hydroxyl groups excluding tert-OH is 1. The highest BCUT2D eigenvalue weighted by Crippen LogP contribution is 2.14. The van der Waals surface area contributed by atoms with E-state index < -0.39 is 0 Å². The first-order chi connectivity index (χ1) is 10.5. The maximum absolute atomic E-state index is 12.0. The van der Waals surface area contributed by atoms with Gasteiger partial charge in [0.05, 0.1) is 0 Å². The third-order valence-electron chi connectivity index (χ3n) is 4.27. The number of hydrogen-bond acceptors (Lipinski definition) is 3. The summed E-state index contributed by atoms with van der Waals surface area (Å²) < 4.78 is 0. The molecule has 126 valence electrons. The lowest BCUT2D eigenvalue weighted by atomic mass is 10.0. The summed E-state index contributed by atoms with van der Waals surface area (Å²) in [6.45, 7) is 3.53. The Bertz CT molecular complexity index is 401. The van der Waals surface area contributed by atoms with Crippen LogP contribution >= 0.6 is 0 Å². The van der Waals surface area contributed by atoms with Gasteiger partial charge in [0.2, 0.25) is 0 Å². The number of carbonyl (C=O) groups excluding carboxylic acids is 1. The van der Waals surface area contributed by atoms with E-state index in [9.17, 15) is 15.1 Å². The summed E-state index contributed by atoms with van der Waals surface area (Å²) >= 11 is 0. The lowest BCUT2D eigenvalue weighted by Gasteiger charge is -2.31. The molecule has 0 amide bonds. The van der Waals surface area contributed by atoms with Crippen molar-refractivity contribution in [3.8, 4) is 0 Å². The average molecular weight is 309 g/mol. The van der Waals surface area contributed by atoms with Crippen molar-refractivity contribution in [3.63, 3.8) is 0 Å². The second-order valence-electron chi connectivity index (χ2n) is 6.41. The van der Waals surface area contributed by atoms with Crippen LogP contribution in [0.2, 0.25) is 0 Å². The minimum absolute atomic E-state index is 0.0745. The molecule has 4 nitrogen and oxygen atoms in total. The molecule has 4 heteroatoms. The number of Topliss-reactive ketones (excluding diaryl/α,β-unsaturated/α-hetero) is 1. The van der Waals surface area contributed by atoms with Crippen LogP contribution in [0.25, 0.3) is 0 Å². The molecule has 0 aromatic heterocycles. The van der Waals surface area contributed by atoms with Crippen molar-refractivity contribution in [1.82, 2.24) is 0 Å². The molecule has 2 N–H and O–H groups in total. The van der Waals surface area contributed by atoms with Crippen molar-refractivity contribution in [2.75, 3.05) is 0 Å². The van der Waals surface area contributed by atoms with Gasteiger partial charge in [-0.3, -0.25) is 0 Å². The molecule has 1 aliphatic heterocycles. The van der Waals surface area contributed by atoms with Gasteiger partial charge in [0, 0.05) is 12.8 Å². The highest BCUT2D eigenvalue weighted by Gasteiger charge is 2.20. The smallest absolute Gasteiger partial charge is 0.172 e. The van der Waals surface area contributed by atoms with E-state index in [-0.39, 0.29) is 16.9 Å². The van der Waals surface area contributed by atoms with Crippen LogP contribution in [-0.2, 0) is 4.79 Å². The standard InChI is InChI=1S/C18H31NO3/c1-15-13-14-18(21)17(19(15)22)12-10-8-6-4-3-5-7-9-11-16(2)20/h13-15,19,21H,3-12H2,1-2H3. The number of allylic oxidation sites excluding steroid dienone is 2. The third kappa shape index (κ3) is 7.23. The van der Waals surface area contributed by atoms with Crippen molar-refractivity contribution in [2.24, 2.45) is 0 Å². The number of unbranched alkanes of at least 4 members (excludes halogenated alkanes) is 7. The highest BCUT2D eigenvalue weighted by atomic mass is 16.5. The molecule has 2 unspecified atom stereocenters. The fourth-order valence-electron chi connectivity index (χ4n) is 2.81. The summed E-state index contributed by atoms with van der Waals surface area (Å²) in [4.78, 5) is 10.8. The van der Waals surface area contributed by atoms with E-state index in [1.165, 1.54) is 25.7 Å². The molecule has 1 rings (SSSR count). The van der Waals surface area contributed by atoms with Crippen molar-refractivity contribution >= 4 is 5.78 Å². The van der Waals surface area contributed by atoms with Crippen molar-refractivity contribution in [1.29, 1.82) is 0 Å². The molecule has 0 aromatic carbocycles. The van der Waals surface area contributed by atoms with E-state index in [1.54, 1.807) is 19.1 Å². The van der Waals surface area contributed by atoms with Crippen molar-refractivity contribution in [3.05, 3.63) is 28.8 Å². The predicted molar refractivity (Wildman–Crippen MR) is 89.4 cm³/mol. The van der Waals surface area contributed by atoms with E-state index in [4.69, 9.17) is 0 Å². The first-order valence-electron chi connectivity index (χ1n) is 8.66. The molecule has 0 radical (unpaired) electrons. The Morgan fingerprint density at radius 1 is 1.14 bits per heavy atom. The zero-order valence-corrected chi connectivity index (χ0v) is 14.1. The zero-order valence-electron chi connectivity index (χ0n) is 14.1. The van der Waals surface area contributed by atoms with Gasteiger partial charge in [0.25, 0.3) is 0 Å². The molecule has 0 aromatic rings. The van der Waals surface area contributed by atoms with E-state index >= 15 is 0 Å². The summed E-state index contributed by atoms with van der Waals surface area (Å²) in [5.74, 6) is 0.451. The largest absolute Gasteiger partial charge is 0.629 e. The Labute approximate surface area is 134 Å². The topological polar surface area (TPSA) is 64.8 Å². The summed E-state index contributed by atoms with van der Waals surface area (Å²) in [6.07, 6.45) is 13.9. The molecular formula is C18H31NO3. The lowest BCUT2D eigenvalue weighted by Crippen LogP contribution is -3.09. The van der Waals surface area contributed by atoms with Gasteiger partial charge in [-0.25, -0.2) is 0 Å². The molecule has 0 bridgehead atoms. The molecule has 0 fully saturated rings. The average Bonchev–Trinajstić information content (AvgIpc) is 2.48. The number of nitrogens with one attached hydrogen (secondary N) is 1. The van der Waals surface area contributed by atoms with Crippen LogP contribution in [-0.4, -0.2) is 16.9 Å². The van der Waals surface area contributed by atoms with Crippen LogP contribution < -0.4 is 5.06 Å². The molecule has 0 saturated carbocycles. The van der Waals surface area contributed by atoms with E-state index in [0.717, 1.165) is 32.1 Å². The SMILES string of the molecule is CC(=O)CCCCCCCCCCC1=C(O)C=CC(C)[NH+]1[O-]. The molecule has 0 aliphatic carbocycles. The summed E-state index contributed by atoms with van der Waals surface area (Å²) in [5, 5.41) is 21.8. The Balaban J connectivity index is 2.02. The van der Waals surface area contributed by atoms with Gasteiger partial charge in [-0.15, -0.1) is 0 Å². The molecular weight excluding hydrogens is 278 g/mol. The van der Waals surface area contributed by atoms with Gasteiger partial charge >= 0.3 is 0 Å². The first kappa shape index (κ1) is 18.9. The molecule has 22 heavy (non-hydrogen) atoms. The molecule has 1 aliphatic rings. The number of rotatable bonds is 11. The second-order valence-corrected chi connectivity index (χ2v) is 6.41. The number of ketones is 1. The minimum Gasteiger partial charge on any atom is -0.629 e. The predicted octanol–water partition coefficient (Wildman–Crippen LogP) is 3.59. The monoisotopic (exact) mass is 309 g/mol. The second kappa shape index (κ2) is 10.6. The Morgan fingerprint density at radius 2 is 1.68 bits per heavy atom. The van der Waals surface area contributed by atoms with Crippen LogP contribution in [0, 0.1) is 5.21 Å². The molecule has 2 atom stereocenters. The number of hydroxylamine groups is 2. The van der Waals surface area contributed by atoms with E-state index in [1.807, 2.05) is 6.92 Å². The van der Waals surface area contributed by atoms with Gasteiger partial charge in [0.15, 0.2) is 5.76 Å². The number of aliphatic hydroxyl groups is 1.